The summed E-state index contributed by atoms with van der Waals surface area (Å²) in [4.78, 5) is 16.0. The van der Waals surface area contributed by atoms with Crippen LogP contribution in [0.1, 0.15) is 17.2 Å². The maximum Gasteiger partial charge on any atom is 0.315 e. The second-order valence-electron chi connectivity index (χ2n) is 5.73. The number of hydrogen-bond acceptors (Lipinski definition) is 3. The van der Waals surface area contributed by atoms with Gasteiger partial charge in [0.05, 0.1) is 24.7 Å². The van der Waals surface area contributed by atoms with Crippen LogP contribution in [0.5, 0.6) is 0 Å². The molecule has 7 heteroatoms. The van der Waals surface area contributed by atoms with Crippen LogP contribution in [0.15, 0.2) is 67.3 Å². The van der Waals surface area contributed by atoms with Crippen LogP contribution in [-0.4, -0.2) is 27.3 Å². The number of halogens is 1. The van der Waals surface area contributed by atoms with Crippen LogP contribution in [-0.2, 0) is 6.54 Å². The normalized spacial score (nSPS) is 11.8. The third-order valence-electron chi connectivity index (χ3n) is 3.94. The van der Waals surface area contributed by atoms with Crippen LogP contribution in [0, 0.1) is 5.82 Å². The Morgan fingerprint density at radius 2 is 2.04 bits per heavy atom. The summed E-state index contributed by atoms with van der Waals surface area (Å²) >= 11 is 0. The molecule has 0 saturated heterocycles. The Kier molecular flexibility index (Phi) is 5.60. The molecule has 1 atom stereocenters. The van der Waals surface area contributed by atoms with E-state index in [1.165, 1.54) is 12.4 Å². The number of carbonyl (C=O) groups excluding carboxylic acids is 1. The van der Waals surface area contributed by atoms with Gasteiger partial charge in [-0.3, -0.25) is 0 Å². The number of hydrogen-bond donors (Lipinski definition) is 3. The van der Waals surface area contributed by atoms with Gasteiger partial charge in [0.25, 0.3) is 0 Å². The number of amides is 2. The zero-order chi connectivity index (χ0) is 18.4. The maximum atomic E-state index is 14.2. The fourth-order valence-corrected chi connectivity index (χ4v) is 2.58. The van der Waals surface area contributed by atoms with E-state index >= 15 is 0 Å². The fourth-order valence-electron chi connectivity index (χ4n) is 2.58. The molecule has 2 aromatic carbocycles. The first-order valence-corrected chi connectivity index (χ1v) is 8.14. The average molecular weight is 354 g/mol. The van der Waals surface area contributed by atoms with Gasteiger partial charge < -0.3 is 20.3 Å². The number of nitrogens with zero attached hydrogens (tertiary/aromatic N) is 2. The monoisotopic (exact) mass is 354 g/mol. The SMILES string of the molecule is O=C(NCc1ccc(-n2ccnc2)c(F)c1)N[C@H](CO)c1ccccc1. The zero-order valence-corrected chi connectivity index (χ0v) is 14.0. The lowest BCUT2D eigenvalue weighted by atomic mass is 10.1. The van der Waals surface area contributed by atoms with E-state index in [1.54, 1.807) is 29.1 Å². The molecule has 0 spiro atoms. The summed E-state index contributed by atoms with van der Waals surface area (Å²) in [6, 6.07) is 13.0. The number of carbonyl (C=O) groups is 1. The van der Waals surface area contributed by atoms with E-state index < -0.39 is 17.9 Å². The van der Waals surface area contributed by atoms with E-state index in [0.717, 1.165) is 5.56 Å². The lowest BCUT2D eigenvalue weighted by Gasteiger charge is -2.17. The highest BCUT2D eigenvalue weighted by Gasteiger charge is 2.13. The van der Waals surface area contributed by atoms with Gasteiger partial charge in [0.1, 0.15) is 5.82 Å². The van der Waals surface area contributed by atoms with Crippen LogP contribution in [0.2, 0.25) is 0 Å². The largest absolute Gasteiger partial charge is 0.394 e. The van der Waals surface area contributed by atoms with E-state index in [1.807, 2.05) is 30.3 Å². The topological polar surface area (TPSA) is 79.2 Å². The van der Waals surface area contributed by atoms with Crippen molar-refractivity contribution >= 4 is 6.03 Å². The summed E-state index contributed by atoms with van der Waals surface area (Å²) in [6.45, 7) is -0.0500. The van der Waals surface area contributed by atoms with Crippen molar-refractivity contribution in [2.24, 2.45) is 0 Å². The van der Waals surface area contributed by atoms with Gasteiger partial charge in [0.2, 0.25) is 0 Å². The van der Waals surface area contributed by atoms with Gasteiger partial charge in [-0.1, -0.05) is 36.4 Å². The van der Waals surface area contributed by atoms with Crippen LogP contribution in [0.25, 0.3) is 5.69 Å². The number of aromatic nitrogens is 2. The third kappa shape index (κ3) is 4.25. The minimum absolute atomic E-state index is 0.167. The molecule has 0 aliphatic carbocycles. The molecule has 1 aromatic heterocycles. The van der Waals surface area contributed by atoms with Crippen LogP contribution < -0.4 is 10.6 Å². The fraction of sp³-hybridized carbons (Fsp3) is 0.158. The molecule has 1 heterocycles. The Morgan fingerprint density at radius 1 is 1.23 bits per heavy atom. The summed E-state index contributed by atoms with van der Waals surface area (Å²) in [5.74, 6) is -0.403. The highest BCUT2D eigenvalue weighted by Crippen LogP contribution is 2.15. The molecular weight excluding hydrogens is 335 g/mol. The second-order valence-corrected chi connectivity index (χ2v) is 5.73. The Bertz CT molecular complexity index is 853. The number of imidazole rings is 1. The number of urea groups is 1. The van der Waals surface area contributed by atoms with Crippen molar-refractivity contribution in [2.75, 3.05) is 6.61 Å². The second kappa shape index (κ2) is 8.26. The third-order valence-corrected chi connectivity index (χ3v) is 3.94. The molecule has 0 unspecified atom stereocenters. The standard InChI is InChI=1S/C19H19FN4O2/c20-16-10-14(6-7-18(16)24-9-8-21-13-24)11-22-19(26)23-17(12-25)15-4-2-1-3-5-15/h1-10,13,17,25H,11-12H2,(H2,22,23,26)/t17-/m1/s1. The first-order valence-electron chi connectivity index (χ1n) is 8.14. The molecule has 0 fully saturated rings. The molecule has 6 nitrogen and oxygen atoms in total. The van der Waals surface area contributed by atoms with Crippen LogP contribution >= 0.6 is 0 Å². The van der Waals surface area contributed by atoms with Gasteiger partial charge in [-0.05, 0) is 23.3 Å². The molecule has 26 heavy (non-hydrogen) atoms. The predicted octanol–water partition coefficient (Wildman–Crippen LogP) is 2.54. The molecular formula is C19H19FN4O2. The van der Waals surface area contributed by atoms with Crippen molar-refractivity contribution in [1.29, 1.82) is 0 Å². The Balaban J connectivity index is 1.58. The maximum absolute atomic E-state index is 14.2. The number of rotatable bonds is 6. The van der Waals surface area contributed by atoms with Gasteiger partial charge in [-0.2, -0.15) is 0 Å². The number of benzene rings is 2. The molecule has 0 saturated carbocycles. The van der Waals surface area contributed by atoms with E-state index in [4.69, 9.17) is 0 Å². The predicted molar refractivity (Wildman–Crippen MR) is 95.2 cm³/mol. The minimum atomic E-state index is -0.503. The van der Waals surface area contributed by atoms with Gasteiger partial charge in [0, 0.05) is 18.9 Å². The first-order chi connectivity index (χ1) is 12.7. The van der Waals surface area contributed by atoms with E-state index in [9.17, 15) is 14.3 Å². The van der Waals surface area contributed by atoms with Crippen molar-refractivity contribution in [3.05, 3.63) is 84.2 Å². The van der Waals surface area contributed by atoms with Crippen LogP contribution in [0.4, 0.5) is 9.18 Å². The summed E-state index contributed by atoms with van der Waals surface area (Å²) < 4.78 is 15.8. The Morgan fingerprint density at radius 3 is 2.69 bits per heavy atom. The van der Waals surface area contributed by atoms with Crippen molar-refractivity contribution < 1.29 is 14.3 Å². The lowest BCUT2D eigenvalue weighted by molar-refractivity contribution is 0.216. The molecule has 3 rings (SSSR count). The number of nitrogens with one attached hydrogen (secondary N) is 2. The van der Waals surface area contributed by atoms with Crippen molar-refractivity contribution in [1.82, 2.24) is 20.2 Å². The zero-order valence-electron chi connectivity index (χ0n) is 14.0. The van der Waals surface area contributed by atoms with Gasteiger partial charge in [-0.15, -0.1) is 0 Å². The van der Waals surface area contributed by atoms with Gasteiger partial charge >= 0.3 is 6.03 Å². The highest BCUT2D eigenvalue weighted by molar-refractivity contribution is 5.74. The van der Waals surface area contributed by atoms with E-state index in [2.05, 4.69) is 15.6 Å². The van der Waals surface area contributed by atoms with Gasteiger partial charge in [0.15, 0.2) is 0 Å². The molecule has 3 aromatic rings. The van der Waals surface area contributed by atoms with Crippen molar-refractivity contribution in [3.8, 4) is 5.69 Å². The Hall–Kier alpha value is -3.19. The minimum Gasteiger partial charge on any atom is -0.394 e. The summed E-state index contributed by atoms with van der Waals surface area (Å²) in [7, 11) is 0. The van der Waals surface area contributed by atoms with Crippen molar-refractivity contribution in [3.63, 3.8) is 0 Å². The number of aliphatic hydroxyl groups excluding tert-OH is 1. The Labute approximate surface area is 150 Å². The first kappa shape index (κ1) is 17.6. The van der Waals surface area contributed by atoms with Gasteiger partial charge in [-0.25, -0.2) is 14.2 Å². The van der Waals surface area contributed by atoms with E-state index in [0.29, 0.717) is 11.3 Å². The average Bonchev–Trinajstić information content (AvgIpc) is 3.19. The number of aliphatic hydroxyl groups is 1. The molecule has 134 valence electrons. The molecule has 2 amide bonds. The summed E-state index contributed by atoms with van der Waals surface area (Å²) in [5, 5.41) is 14.8. The van der Waals surface area contributed by atoms with E-state index in [-0.39, 0.29) is 13.2 Å². The van der Waals surface area contributed by atoms with Crippen LogP contribution in [0.3, 0.4) is 0 Å². The smallest absolute Gasteiger partial charge is 0.315 e. The lowest BCUT2D eigenvalue weighted by Crippen LogP contribution is -2.38. The molecule has 0 aliphatic rings. The summed E-state index contributed by atoms with van der Waals surface area (Å²) in [5.41, 5.74) is 1.82. The highest BCUT2D eigenvalue weighted by atomic mass is 19.1. The molecule has 0 aliphatic heterocycles. The molecule has 3 N–H and O–H groups in total. The molecule has 0 bridgehead atoms. The quantitative estimate of drug-likeness (QED) is 0.636. The molecule has 0 radical (unpaired) electrons. The summed E-state index contributed by atoms with van der Waals surface area (Å²) in [6.07, 6.45) is 4.74. The van der Waals surface area contributed by atoms with Crippen molar-refractivity contribution in [2.45, 2.75) is 12.6 Å².